The number of para-hydroxylation sites is 1. The lowest BCUT2D eigenvalue weighted by Crippen LogP contribution is -2.30. The smallest absolute Gasteiger partial charge is 0.414 e. The number of hydrogen-bond acceptors (Lipinski definition) is 7. The molecule has 1 aromatic heterocycles. The van der Waals surface area contributed by atoms with Gasteiger partial charge in [-0.05, 0) is 42.8 Å². The number of nitrogens with one attached hydrogen (secondary N) is 3. The fraction of sp³-hybridized carbons (Fsp3) is 0.217. The van der Waals surface area contributed by atoms with E-state index in [0.29, 0.717) is 47.6 Å². The van der Waals surface area contributed by atoms with Gasteiger partial charge in [-0.3, -0.25) is 9.69 Å². The lowest BCUT2D eigenvalue weighted by Gasteiger charge is -2.20. The molecule has 3 aromatic rings. The van der Waals surface area contributed by atoms with Crippen molar-refractivity contribution in [2.45, 2.75) is 13.3 Å². The van der Waals surface area contributed by atoms with Crippen molar-refractivity contribution >= 4 is 52.4 Å². The summed E-state index contributed by atoms with van der Waals surface area (Å²) in [5.74, 6) is 0.458. The average molecular weight is 467 g/mol. The second kappa shape index (κ2) is 9.74. The fourth-order valence-electron chi connectivity index (χ4n) is 3.55. The minimum atomic E-state index is -0.342. The lowest BCUT2D eigenvalue weighted by molar-refractivity contribution is 0.0964. The van der Waals surface area contributed by atoms with Crippen LogP contribution in [0.1, 0.15) is 22.8 Å². The molecule has 0 bridgehead atoms. The fourth-order valence-corrected chi connectivity index (χ4v) is 3.69. The summed E-state index contributed by atoms with van der Waals surface area (Å²) in [7, 11) is 1.57. The average Bonchev–Trinajstić information content (AvgIpc) is 2.98. The Kier molecular flexibility index (Phi) is 6.60. The first-order chi connectivity index (χ1) is 16.0. The molecule has 0 spiro atoms. The largest absolute Gasteiger partial charge is 0.449 e. The van der Waals surface area contributed by atoms with Gasteiger partial charge in [0.15, 0.2) is 5.82 Å². The van der Waals surface area contributed by atoms with E-state index < -0.39 is 0 Å². The van der Waals surface area contributed by atoms with Crippen LogP contribution in [0.25, 0.3) is 0 Å². The number of aromatic nitrogens is 2. The molecule has 1 aliphatic heterocycles. The molecular weight excluding hydrogens is 444 g/mol. The van der Waals surface area contributed by atoms with Crippen LogP contribution in [0.3, 0.4) is 0 Å². The number of carbonyl (C=O) groups excluding carboxylic acids is 2. The normalized spacial score (nSPS) is 12.9. The van der Waals surface area contributed by atoms with E-state index in [2.05, 4.69) is 25.9 Å². The van der Waals surface area contributed by atoms with Crippen LogP contribution < -0.4 is 20.9 Å². The van der Waals surface area contributed by atoms with E-state index >= 15 is 0 Å². The van der Waals surface area contributed by atoms with Crippen LogP contribution in [0.15, 0.2) is 48.7 Å². The molecule has 0 radical (unpaired) electrons. The van der Waals surface area contributed by atoms with Crippen molar-refractivity contribution in [2.75, 3.05) is 35.7 Å². The number of anilines is 5. The molecule has 1 aliphatic rings. The summed E-state index contributed by atoms with van der Waals surface area (Å²) in [5, 5.41) is 9.21. The van der Waals surface area contributed by atoms with E-state index in [-0.39, 0.29) is 12.0 Å². The first-order valence-electron chi connectivity index (χ1n) is 10.4. The Balaban J connectivity index is 1.59. The number of ether oxygens (including phenoxy) is 1. The van der Waals surface area contributed by atoms with Gasteiger partial charge in [0, 0.05) is 25.7 Å². The van der Waals surface area contributed by atoms with Gasteiger partial charge in [-0.15, -0.1) is 0 Å². The third kappa shape index (κ3) is 4.83. The Hall–Kier alpha value is -3.85. The Morgan fingerprint density at radius 2 is 2.03 bits per heavy atom. The summed E-state index contributed by atoms with van der Waals surface area (Å²) >= 11 is 6.31. The summed E-state index contributed by atoms with van der Waals surface area (Å²) < 4.78 is 5.26. The molecule has 2 amide bonds. The minimum absolute atomic E-state index is 0.227. The molecule has 10 heteroatoms. The van der Waals surface area contributed by atoms with Gasteiger partial charge >= 0.3 is 6.09 Å². The summed E-state index contributed by atoms with van der Waals surface area (Å²) in [4.78, 5) is 34.6. The van der Waals surface area contributed by atoms with Crippen LogP contribution in [-0.2, 0) is 11.2 Å². The van der Waals surface area contributed by atoms with E-state index in [9.17, 15) is 9.59 Å². The molecular formula is C23H23ClN6O3. The number of fused-ring (bicyclic) bond motifs is 1. The number of halogens is 1. The number of nitrogens with zero attached hydrogens (tertiary/aromatic N) is 3. The highest BCUT2D eigenvalue weighted by molar-refractivity contribution is 6.33. The predicted molar refractivity (Wildman–Crippen MR) is 128 cm³/mol. The van der Waals surface area contributed by atoms with Crippen molar-refractivity contribution < 1.29 is 14.3 Å². The summed E-state index contributed by atoms with van der Waals surface area (Å²) in [5.41, 5.74) is 3.61. The quantitative estimate of drug-likeness (QED) is 0.491. The number of carbonyl (C=O) groups is 2. The lowest BCUT2D eigenvalue weighted by atomic mass is 10.1. The van der Waals surface area contributed by atoms with Gasteiger partial charge in [-0.25, -0.2) is 9.78 Å². The van der Waals surface area contributed by atoms with Crippen molar-refractivity contribution in [3.05, 3.63) is 64.8 Å². The molecule has 0 saturated carbocycles. The zero-order chi connectivity index (χ0) is 23.4. The zero-order valence-electron chi connectivity index (χ0n) is 18.2. The minimum Gasteiger partial charge on any atom is -0.449 e. The maximum atomic E-state index is 12.2. The maximum Gasteiger partial charge on any atom is 0.414 e. The molecule has 9 nitrogen and oxygen atoms in total. The van der Waals surface area contributed by atoms with Crippen LogP contribution in [0.2, 0.25) is 5.02 Å². The Bertz CT molecular complexity index is 1200. The standard InChI is InChI=1S/C23H23ClN6O3/c1-3-30-19-9-8-15(12-14(19)10-11-33-23(30)32)27-22-26-13-17(24)20(29-22)28-18-7-5-4-6-16(18)21(31)25-2/h4-9,12-13H,3,10-11H2,1-2H3,(H,25,31)(H2,26,27,28,29). The van der Waals surface area contributed by atoms with E-state index in [1.807, 2.05) is 31.2 Å². The van der Waals surface area contributed by atoms with Gasteiger partial charge < -0.3 is 20.7 Å². The summed E-state index contributed by atoms with van der Waals surface area (Å²) in [6.45, 7) is 2.74. The van der Waals surface area contributed by atoms with Gasteiger partial charge in [0.05, 0.1) is 29.7 Å². The second-order valence-electron chi connectivity index (χ2n) is 7.22. The number of benzene rings is 2. The molecule has 0 unspecified atom stereocenters. The summed E-state index contributed by atoms with van der Waals surface area (Å²) in [6.07, 6.45) is 1.75. The zero-order valence-corrected chi connectivity index (χ0v) is 18.9. The molecule has 0 fully saturated rings. The van der Waals surface area contributed by atoms with Crippen molar-refractivity contribution in [3.63, 3.8) is 0 Å². The molecule has 170 valence electrons. The van der Waals surface area contributed by atoms with E-state index in [1.54, 1.807) is 30.1 Å². The van der Waals surface area contributed by atoms with Crippen molar-refractivity contribution in [3.8, 4) is 0 Å². The Labute approximate surface area is 196 Å². The van der Waals surface area contributed by atoms with E-state index in [1.165, 1.54) is 6.20 Å². The van der Waals surface area contributed by atoms with Crippen molar-refractivity contribution in [1.82, 2.24) is 15.3 Å². The Morgan fingerprint density at radius 1 is 1.21 bits per heavy atom. The number of cyclic esters (lactones) is 1. The second-order valence-corrected chi connectivity index (χ2v) is 7.62. The van der Waals surface area contributed by atoms with Crippen molar-refractivity contribution in [1.29, 1.82) is 0 Å². The monoisotopic (exact) mass is 466 g/mol. The molecule has 0 aliphatic carbocycles. The van der Waals surface area contributed by atoms with Crippen LogP contribution >= 0.6 is 11.6 Å². The molecule has 4 rings (SSSR count). The first kappa shape index (κ1) is 22.3. The number of rotatable bonds is 6. The maximum absolute atomic E-state index is 12.2. The summed E-state index contributed by atoms with van der Waals surface area (Å²) in [6, 6.07) is 12.7. The van der Waals surface area contributed by atoms with Gasteiger partial charge in [0.25, 0.3) is 5.91 Å². The van der Waals surface area contributed by atoms with Crippen LogP contribution in [0.5, 0.6) is 0 Å². The molecule has 0 saturated heterocycles. The molecule has 2 aromatic carbocycles. The molecule has 3 N–H and O–H groups in total. The first-order valence-corrected chi connectivity index (χ1v) is 10.8. The third-order valence-electron chi connectivity index (χ3n) is 5.16. The highest BCUT2D eigenvalue weighted by Gasteiger charge is 2.22. The highest BCUT2D eigenvalue weighted by Crippen LogP contribution is 2.30. The van der Waals surface area contributed by atoms with Gasteiger partial charge in [0.2, 0.25) is 5.95 Å². The number of amides is 2. The SMILES string of the molecule is CCN1C(=O)OCCc2cc(Nc3ncc(Cl)c(Nc4ccccc4C(=O)NC)n3)ccc21. The van der Waals surface area contributed by atoms with Gasteiger partial charge in [-0.1, -0.05) is 23.7 Å². The molecule has 2 heterocycles. The van der Waals surface area contributed by atoms with Crippen LogP contribution in [0, 0.1) is 0 Å². The van der Waals surface area contributed by atoms with Gasteiger partial charge in [-0.2, -0.15) is 4.98 Å². The van der Waals surface area contributed by atoms with Crippen LogP contribution in [0.4, 0.5) is 33.6 Å². The third-order valence-corrected chi connectivity index (χ3v) is 5.43. The van der Waals surface area contributed by atoms with Gasteiger partial charge in [0.1, 0.15) is 5.02 Å². The van der Waals surface area contributed by atoms with Crippen LogP contribution in [-0.4, -0.2) is 42.2 Å². The molecule has 0 atom stereocenters. The highest BCUT2D eigenvalue weighted by atomic mass is 35.5. The van der Waals surface area contributed by atoms with E-state index in [4.69, 9.17) is 16.3 Å². The Morgan fingerprint density at radius 3 is 2.82 bits per heavy atom. The topological polar surface area (TPSA) is 108 Å². The number of hydrogen-bond donors (Lipinski definition) is 3. The van der Waals surface area contributed by atoms with E-state index in [0.717, 1.165) is 16.9 Å². The molecule has 33 heavy (non-hydrogen) atoms. The predicted octanol–water partition coefficient (Wildman–Crippen LogP) is 4.50. The van der Waals surface area contributed by atoms with Crippen molar-refractivity contribution in [2.24, 2.45) is 0 Å².